The van der Waals surface area contributed by atoms with E-state index < -0.39 is 10.0 Å². The van der Waals surface area contributed by atoms with Gasteiger partial charge in [-0.1, -0.05) is 0 Å². The molecule has 0 spiro atoms. The van der Waals surface area contributed by atoms with Gasteiger partial charge in [0.05, 0.1) is 5.25 Å². The molecule has 0 saturated carbocycles. The molecule has 0 aromatic heterocycles. The minimum absolute atomic E-state index is 0.296. The Bertz CT molecular complexity index is 207. The summed E-state index contributed by atoms with van der Waals surface area (Å²) in [7, 11) is -1.38. The molecule has 66 valence electrons. The molecule has 1 fully saturated rings. The monoisotopic (exact) mass is 178 g/mol. The molecule has 0 aliphatic carbocycles. The largest absolute Gasteiger partial charge is 0.314 e. The summed E-state index contributed by atoms with van der Waals surface area (Å²) in [6.45, 7) is 3.61. The van der Waals surface area contributed by atoms with Crippen LogP contribution in [0.15, 0.2) is 0 Å². The fourth-order valence-corrected chi connectivity index (χ4v) is 2.37. The smallest absolute Gasteiger partial charge is 0.217 e. The topological polar surface area (TPSA) is 49.4 Å². The summed E-state index contributed by atoms with van der Waals surface area (Å²) < 4.78 is 24.3. The quantitative estimate of drug-likeness (QED) is 0.530. The number of rotatable bonds is 0. The van der Waals surface area contributed by atoms with Gasteiger partial charge in [0.2, 0.25) is 10.0 Å². The molecule has 11 heavy (non-hydrogen) atoms. The van der Waals surface area contributed by atoms with Gasteiger partial charge in [0.25, 0.3) is 0 Å². The molecular formula is C6H14N2O2S. The van der Waals surface area contributed by atoms with Gasteiger partial charge in [0, 0.05) is 26.7 Å². The van der Waals surface area contributed by atoms with E-state index in [4.69, 9.17) is 0 Å². The van der Waals surface area contributed by atoms with Crippen LogP contribution in [0.5, 0.6) is 0 Å². The van der Waals surface area contributed by atoms with E-state index in [2.05, 4.69) is 5.32 Å². The van der Waals surface area contributed by atoms with Crippen molar-refractivity contribution in [1.29, 1.82) is 0 Å². The van der Waals surface area contributed by atoms with Crippen molar-refractivity contribution in [2.45, 2.75) is 12.2 Å². The van der Waals surface area contributed by atoms with Gasteiger partial charge < -0.3 is 5.32 Å². The van der Waals surface area contributed by atoms with Gasteiger partial charge in [-0.15, -0.1) is 0 Å². The number of nitrogens with one attached hydrogen (secondary N) is 1. The molecule has 1 aliphatic rings. The van der Waals surface area contributed by atoms with Gasteiger partial charge in [0.1, 0.15) is 0 Å². The SMILES string of the molecule is CC1CNCCN(C)S1(=O)=O. The molecule has 1 saturated heterocycles. The third kappa shape index (κ3) is 1.72. The van der Waals surface area contributed by atoms with E-state index in [9.17, 15) is 8.42 Å². The number of likely N-dealkylation sites (N-methyl/N-ethyl adjacent to an activating group) is 1. The Labute approximate surface area is 67.6 Å². The first kappa shape index (κ1) is 8.96. The molecule has 0 aromatic rings. The van der Waals surface area contributed by atoms with Crippen molar-refractivity contribution >= 4 is 10.0 Å². The Hall–Kier alpha value is -0.130. The molecule has 1 rings (SSSR count). The van der Waals surface area contributed by atoms with Gasteiger partial charge in [-0.05, 0) is 6.92 Å². The second-order valence-electron chi connectivity index (χ2n) is 2.88. The van der Waals surface area contributed by atoms with E-state index in [1.165, 1.54) is 4.31 Å². The lowest BCUT2D eigenvalue weighted by molar-refractivity contribution is 0.476. The fraction of sp³-hybridized carbons (Fsp3) is 1.00. The lowest BCUT2D eigenvalue weighted by atomic mass is 10.4. The zero-order valence-electron chi connectivity index (χ0n) is 6.87. The molecule has 0 amide bonds. The number of hydrogen-bond acceptors (Lipinski definition) is 3. The predicted octanol–water partition coefficient (Wildman–Crippen LogP) is -0.760. The minimum Gasteiger partial charge on any atom is -0.314 e. The highest BCUT2D eigenvalue weighted by molar-refractivity contribution is 7.89. The maximum Gasteiger partial charge on any atom is 0.217 e. The zero-order valence-corrected chi connectivity index (χ0v) is 7.69. The summed E-state index contributed by atoms with van der Waals surface area (Å²) in [5.74, 6) is 0. The Kier molecular flexibility index (Phi) is 2.51. The minimum atomic E-state index is -3.01. The highest BCUT2D eigenvalue weighted by Gasteiger charge is 2.27. The Morgan fingerprint density at radius 3 is 2.82 bits per heavy atom. The molecule has 0 bridgehead atoms. The van der Waals surface area contributed by atoms with Crippen LogP contribution < -0.4 is 5.32 Å². The molecule has 0 radical (unpaired) electrons. The number of sulfonamides is 1. The first-order valence-electron chi connectivity index (χ1n) is 3.71. The third-order valence-electron chi connectivity index (χ3n) is 1.98. The van der Waals surface area contributed by atoms with Gasteiger partial charge in [-0.2, -0.15) is 0 Å². The van der Waals surface area contributed by atoms with Gasteiger partial charge >= 0.3 is 0 Å². The van der Waals surface area contributed by atoms with E-state index in [-0.39, 0.29) is 5.25 Å². The fourth-order valence-electron chi connectivity index (χ4n) is 1.08. The Morgan fingerprint density at radius 1 is 1.55 bits per heavy atom. The van der Waals surface area contributed by atoms with Gasteiger partial charge in [-0.25, -0.2) is 12.7 Å². The Morgan fingerprint density at radius 2 is 2.18 bits per heavy atom. The maximum absolute atomic E-state index is 11.4. The highest BCUT2D eigenvalue weighted by atomic mass is 32.2. The molecule has 5 heteroatoms. The summed E-state index contributed by atoms with van der Waals surface area (Å²) in [6, 6.07) is 0. The highest BCUT2D eigenvalue weighted by Crippen LogP contribution is 2.07. The summed E-state index contributed by atoms with van der Waals surface area (Å²) in [5, 5.41) is 2.77. The average Bonchev–Trinajstić information content (AvgIpc) is 2.03. The lowest BCUT2D eigenvalue weighted by Gasteiger charge is -2.16. The first-order chi connectivity index (χ1) is 5.05. The van der Waals surface area contributed by atoms with Crippen molar-refractivity contribution in [2.75, 3.05) is 26.7 Å². The molecule has 1 aliphatic heterocycles. The van der Waals surface area contributed by atoms with Crippen molar-refractivity contribution in [2.24, 2.45) is 0 Å². The van der Waals surface area contributed by atoms with Crippen LogP contribution in [0.1, 0.15) is 6.92 Å². The van der Waals surface area contributed by atoms with Crippen LogP contribution in [0.4, 0.5) is 0 Å². The standard InChI is InChI=1S/C6H14N2O2S/c1-6-5-7-3-4-8(2)11(6,9)10/h6-7H,3-5H2,1-2H3. The Balaban J connectivity index is 2.85. The van der Waals surface area contributed by atoms with Crippen molar-refractivity contribution in [1.82, 2.24) is 9.62 Å². The molecule has 1 N–H and O–H groups in total. The summed E-state index contributed by atoms with van der Waals surface area (Å²) in [4.78, 5) is 0. The van der Waals surface area contributed by atoms with Crippen LogP contribution in [0.3, 0.4) is 0 Å². The zero-order chi connectivity index (χ0) is 8.48. The average molecular weight is 178 g/mol. The van der Waals surface area contributed by atoms with E-state index in [0.717, 1.165) is 6.54 Å². The van der Waals surface area contributed by atoms with Crippen molar-refractivity contribution in [3.05, 3.63) is 0 Å². The summed E-state index contributed by atoms with van der Waals surface area (Å²) >= 11 is 0. The number of hydrogen-bond donors (Lipinski definition) is 1. The van der Waals surface area contributed by atoms with E-state index in [1.807, 2.05) is 0 Å². The molecule has 1 unspecified atom stereocenters. The van der Waals surface area contributed by atoms with Gasteiger partial charge in [-0.3, -0.25) is 0 Å². The van der Waals surface area contributed by atoms with E-state index in [1.54, 1.807) is 14.0 Å². The number of nitrogens with zero attached hydrogens (tertiary/aromatic N) is 1. The molecule has 1 heterocycles. The van der Waals surface area contributed by atoms with Crippen molar-refractivity contribution in [3.63, 3.8) is 0 Å². The van der Waals surface area contributed by atoms with Crippen LogP contribution in [0.25, 0.3) is 0 Å². The van der Waals surface area contributed by atoms with Crippen LogP contribution in [0, 0.1) is 0 Å². The molecule has 0 aromatic carbocycles. The third-order valence-corrected chi connectivity index (χ3v) is 4.21. The predicted molar refractivity (Wildman–Crippen MR) is 43.9 cm³/mol. The van der Waals surface area contributed by atoms with Crippen LogP contribution in [-0.2, 0) is 10.0 Å². The maximum atomic E-state index is 11.4. The van der Waals surface area contributed by atoms with E-state index >= 15 is 0 Å². The molecule has 1 atom stereocenters. The second-order valence-corrected chi connectivity index (χ2v) is 5.34. The second kappa shape index (κ2) is 3.08. The van der Waals surface area contributed by atoms with Crippen molar-refractivity contribution in [3.8, 4) is 0 Å². The normalized spacial score (nSPS) is 33.1. The van der Waals surface area contributed by atoms with Gasteiger partial charge in [0.15, 0.2) is 0 Å². The summed E-state index contributed by atoms with van der Waals surface area (Å²) in [5.41, 5.74) is 0. The molecule has 4 nitrogen and oxygen atoms in total. The van der Waals surface area contributed by atoms with E-state index in [0.29, 0.717) is 13.1 Å². The molecular weight excluding hydrogens is 164 g/mol. The van der Waals surface area contributed by atoms with Crippen LogP contribution in [-0.4, -0.2) is 44.7 Å². The first-order valence-corrected chi connectivity index (χ1v) is 5.21. The van der Waals surface area contributed by atoms with Crippen molar-refractivity contribution < 1.29 is 8.42 Å². The van der Waals surface area contributed by atoms with Crippen LogP contribution in [0.2, 0.25) is 0 Å². The summed E-state index contributed by atoms with van der Waals surface area (Å²) in [6.07, 6.45) is 0. The lowest BCUT2D eigenvalue weighted by Crippen LogP contribution is -2.34. The van der Waals surface area contributed by atoms with Crippen LogP contribution >= 0.6 is 0 Å².